The van der Waals surface area contributed by atoms with Gasteiger partial charge in [0.2, 0.25) is 0 Å². The largest absolute Gasteiger partial charge is 0.444 e. The van der Waals surface area contributed by atoms with Crippen LogP contribution in [0, 0.1) is 0 Å². The van der Waals surface area contributed by atoms with E-state index in [1.807, 2.05) is 45.0 Å². The Balaban J connectivity index is 1.77. The molecule has 4 nitrogen and oxygen atoms in total. The van der Waals surface area contributed by atoms with E-state index in [1.165, 1.54) is 5.56 Å². The van der Waals surface area contributed by atoms with Crippen molar-refractivity contribution < 1.29 is 14.6 Å². The number of thioether (sulfide) groups is 1. The zero-order valence-electron chi connectivity index (χ0n) is 16.3. The van der Waals surface area contributed by atoms with E-state index in [9.17, 15) is 9.90 Å². The first-order chi connectivity index (χ1) is 12.8. The highest BCUT2D eigenvalue weighted by Gasteiger charge is 2.16. The molecule has 0 spiro atoms. The molecule has 0 saturated carbocycles. The number of aryl methyl sites for hydroxylation is 1. The Kier molecular flexibility index (Phi) is 8.20. The molecule has 0 fully saturated rings. The highest BCUT2D eigenvalue weighted by atomic mass is 32.2. The number of rotatable bonds is 8. The van der Waals surface area contributed by atoms with Gasteiger partial charge in [-0.3, -0.25) is 0 Å². The monoisotopic (exact) mass is 387 g/mol. The Morgan fingerprint density at radius 1 is 1.15 bits per heavy atom. The minimum absolute atomic E-state index is 0.363. The lowest BCUT2D eigenvalue weighted by molar-refractivity contribution is 0.0518. The highest BCUT2D eigenvalue weighted by molar-refractivity contribution is 7.99. The third kappa shape index (κ3) is 8.50. The van der Waals surface area contributed by atoms with Crippen molar-refractivity contribution in [1.29, 1.82) is 0 Å². The van der Waals surface area contributed by atoms with E-state index in [1.54, 1.807) is 11.8 Å². The van der Waals surface area contributed by atoms with Crippen LogP contribution in [0.15, 0.2) is 59.5 Å². The van der Waals surface area contributed by atoms with Gasteiger partial charge in [-0.15, -0.1) is 11.8 Å². The predicted molar refractivity (Wildman–Crippen MR) is 111 cm³/mol. The summed E-state index contributed by atoms with van der Waals surface area (Å²) in [7, 11) is 0. The fourth-order valence-corrected chi connectivity index (χ4v) is 3.50. The highest BCUT2D eigenvalue weighted by Crippen LogP contribution is 2.24. The summed E-state index contributed by atoms with van der Waals surface area (Å²) in [5, 5.41) is 13.1. The molecule has 1 unspecified atom stereocenters. The van der Waals surface area contributed by atoms with Crippen LogP contribution >= 0.6 is 11.8 Å². The third-order valence-corrected chi connectivity index (χ3v) is 4.83. The Bertz CT molecular complexity index is 713. The molecule has 0 bridgehead atoms. The number of nitrogens with one attached hydrogen (secondary N) is 1. The summed E-state index contributed by atoms with van der Waals surface area (Å²) in [4.78, 5) is 12.8. The van der Waals surface area contributed by atoms with Crippen LogP contribution in [0.5, 0.6) is 0 Å². The maximum Gasteiger partial charge on any atom is 0.407 e. The van der Waals surface area contributed by atoms with Crippen molar-refractivity contribution in [2.24, 2.45) is 0 Å². The second-order valence-electron chi connectivity index (χ2n) is 7.39. The normalized spacial score (nSPS) is 12.4. The number of hydrogen-bond acceptors (Lipinski definition) is 4. The first-order valence-corrected chi connectivity index (χ1v) is 10.2. The fraction of sp³-hybridized carbons (Fsp3) is 0.409. The van der Waals surface area contributed by atoms with E-state index >= 15 is 0 Å². The number of ether oxygens (including phenoxy) is 1. The number of carbonyl (C=O) groups is 1. The minimum Gasteiger partial charge on any atom is -0.444 e. The summed E-state index contributed by atoms with van der Waals surface area (Å²) >= 11 is 1.78. The molecular weight excluding hydrogens is 358 g/mol. The third-order valence-electron chi connectivity index (χ3n) is 3.83. The first kappa shape index (κ1) is 21.3. The van der Waals surface area contributed by atoms with Crippen LogP contribution in [0.3, 0.4) is 0 Å². The van der Waals surface area contributed by atoms with E-state index in [4.69, 9.17) is 4.74 Å². The molecule has 2 aromatic carbocycles. The number of hydrogen-bond donors (Lipinski definition) is 2. The molecule has 0 aliphatic rings. The SMILES string of the molecule is CC(C)(C)OC(=O)NCCC(O)c1cccc(SCCc2ccccc2)c1. The minimum atomic E-state index is -0.616. The Morgan fingerprint density at radius 2 is 1.89 bits per heavy atom. The quantitative estimate of drug-likeness (QED) is 0.628. The maximum atomic E-state index is 11.6. The molecular formula is C22H29NO3S. The van der Waals surface area contributed by atoms with Gasteiger partial charge in [0.15, 0.2) is 0 Å². The second-order valence-corrected chi connectivity index (χ2v) is 8.56. The van der Waals surface area contributed by atoms with Gasteiger partial charge < -0.3 is 15.2 Å². The number of aliphatic hydroxyl groups excluding tert-OH is 1. The molecule has 0 heterocycles. The van der Waals surface area contributed by atoms with E-state index in [0.29, 0.717) is 13.0 Å². The van der Waals surface area contributed by atoms with Gasteiger partial charge in [-0.2, -0.15) is 0 Å². The average molecular weight is 388 g/mol. The number of amides is 1. The molecule has 1 atom stereocenters. The molecule has 2 N–H and O–H groups in total. The number of benzene rings is 2. The molecule has 5 heteroatoms. The van der Waals surface area contributed by atoms with Crippen LogP contribution in [0.25, 0.3) is 0 Å². The fourth-order valence-electron chi connectivity index (χ4n) is 2.53. The summed E-state index contributed by atoms with van der Waals surface area (Å²) in [5.74, 6) is 0.990. The van der Waals surface area contributed by atoms with Gasteiger partial charge in [0.1, 0.15) is 5.60 Å². The zero-order valence-corrected chi connectivity index (χ0v) is 17.1. The lowest BCUT2D eigenvalue weighted by Crippen LogP contribution is -2.33. The van der Waals surface area contributed by atoms with Gasteiger partial charge in [-0.1, -0.05) is 42.5 Å². The van der Waals surface area contributed by atoms with Crippen molar-refractivity contribution in [2.75, 3.05) is 12.3 Å². The van der Waals surface area contributed by atoms with Crippen LogP contribution in [0.1, 0.15) is 44.4 Å². The van der Waals surface area contributed by atoms with Crippen LogP contribution in [0.4, 0.5) is 4.79 Å². The standard InChI is InChI=1S/C22H29NO3S/c1-22(2,3)26-21(25)23-14-12-20(24)18-10-7-11-19(16-18)27-15-13-17-8-5-4-6-9-17/h4-11,16,20,24H,12-15H2,1-3H3,(H,23,25). The Hall–Kier alpha value is -1.98. The van der Waals surface area contributed by atoms with Crippen molar-refractivity contribution in [3.05, 3.63) is 65.7 Å². The molecule has 27 heavy (non-hydrogen) atoms. The van der Waals surface area contributed by atoms with Gasteiger partial charge in [-0.25, -0.2) is 4.79 Å². The van der Waals surface area contributed by atoms with Gasteiger partial charge in [0.25, 0.3) is 0 Å². The van der Waals surface area contributed by atoms with Crippen molar-refractivity contribution in [3.8, 4) is 0 Å². The molecule has 0 radical (unpaired) electrons. The predicted octanol–water partition coefficient (Wildman–Crippen LogP) is 4.97. The molecule has 2 aromatic rings. The first-order valence-electron chi connectivity index (χ1n) is 9.25. The lowest BCUT2D eigenvalue weighted by atomic mass is 10.1. The van der Waals surface area contributed by atoms with Gasteiger partial charge >= 0.3 is 6.09 Å². The van der Waals surface area contributed by atoms with E-state index < -0.39 is 17.8 Å². The molecule has 0 saturated heterocycles. The summed E-state index contributed by atoms with van der Waals surface area (Å²) < 4.78 is 5.19. The molecule has 1 amide bonds. The van der Waals surface area contributed by atoms with Crippen LogP contribution in [0.2, 0.25) is 0 Å². The van der Waals surface area contributed by atoms with E-state index in [2.05, 4.69) is 35.6 Å². The molecule has 146 valence electrons. The number of aliphatic hydroxyl groups is 1. The molecule has 0 aromatic heterocycles. The maximum absolute atomic E-state index is 11.6. The topological polar surface area (TPSA) is 58.6 Å². The zero-order chi connectivity index (χ0) is 19.7. The summed E-state index contributed by atoms with van der Waals surface area (Å²) in [6.45, 7) is 5.83. The Labute approximate surface area is 166 Å². The van der Waals surface area contributed by atoms with Crippen LogP contribution in [-0.4, -0.2) is 29.1 Å². The molecule has 2 rings (SSSR count). The average Bonchev–Trinajstić information content (AvgIpc) is 2.61. The molecule has 0 aliphatic carbocycles. The number of carbonyl (C=O) groups excluding carboxylic acids is 1. The van der Waals surface area contributed by atoms with Crippen LogP contribution < -0.4 is 5.32 Å². The smallest absolute Gasteiger partial charge is 0.407 e. The summed E-state index contributed by atoms with van der Waals surface area (Å²) in [6, 6.07) is 18.4. The van der Waals surface area contributed by atoms with Gasteiger partial charge in [0.05, 0.1) is 6.10 Å². The van der Waals surface area contributed by atoms with E-state index in [-0.39, 0.29) is 0 Å². The van der Waals surface area contributed by atoms with Crippen molar-refractivity contribution >= 4 is 17.9 Å². The lowest BCUT2D eigenvalue weighted by Gasteiger charge is -2.20. The van der Waals surface area contributed by atoms with Gasteiger partial charge in [0, 0.05) is 17.2 Å². The van der Waals surface area contributed by atoms with E-state index in [0.717, 1.165) is 22.6 Å². The Morgan fingerprint density at radius 3 is 2.59 bits per heavy atom. The summed E-state index contributed by atoms with van der Waals surface area (Å²) in [5.41, 5.74) is 1.67. The van der Waals surface area contributed by atoms with Crippen molar-refractivity contribution in [3.63, 3.8) is 0 Å². The van der Waals surface area contributed by atoms with Crippen molar-refractivity contribution in [2.45, 2.75) is 50.2 Å². The van der Waals surface area contributed by atoms with Gasteiger partial charge in [-0.05, 0) is 56.9 Å². The second kappa shape index (κ2) is 10.4. The molecule has 0 aliphatic heterocycles. The summed E-state index contributed by atoms with van der Waals surface area (Å²) in [6.07, 6.45) is 0.379. The number of alkyl carbamates (subject to hydrolysis) is 1. The van der Waals surface area contributed by atoms with Crippen molar-refractivity contribution in [1.82, 2.24) is 5.32 Å². The van der Waals surface area contributed by atoms with Crippen LogP contribution in [-0.2, 0) is 11.2 Å².